The Balaban J connectivity index is 1.56. The summed E-state index contributed by atoms with van der Waals surface area (Å²) in [6.45, 7) is 4.47. The van der Waals surface area contributed by atoms with Crippen molar-refractivity contribution in [1.29, 1.82) is 0 Å². The van der Waals surface area contributed by atoms with Crippen molar-refractivity contribution in [2.75, 3.05) is 5.32 Å². The number of carbonyl (C=O) groups excluding carboxylic acids is 1. The number of aromatic nitrogens is 3. The minimum Gasteiger partial charge on any atom is -0.308 e. The molecule has 6 nitrogen and oxygen atoms in total. The molecule has 38 heavy (non-hydrogen) atoms. The van der Waals surface area contributed by atoms with Gasteiger partial charge in [-0.1, -0.05) is 61.0 Å². The van der Waals surface area contributed by atoms with Crippen LogP contribution in [0.1, 0.15) is 41.0 Å². The normalized spacial score (nSPS) is 14.5. The van der Waals surface area contributed by atoms with Gasteiger partial charge >= 0.3 is 6.03 Å². The Hall–Kier alpha value is -4.65. The van der Waals surface area contributed by atoms with E-state index in [9.17, 15) is 9.18 Å². The van der Waals surface area contributed by atoms with Crippen molar-refractivity contribution < 1.29 is 9.18 Å². The van der Waals surface area contributed by atoms with Crippen LogP contribution in [-0.2, 0) is 13.0 Å². The molecular weight excluding hydrogens is 477 g/mol. The Kier molecular flexibility index (Phi) is 6.04. The van der Waals surface area contributed by atoms with Gasteiger partial charge in [0.1, 0.15) is 11.6 Å². The molecule has 1 atom stereocenters. The van der Waals surface area contributed by atoms with Crippen molar-refractivity contribution in [3.8, 4) is 11.5 Å². The average molecular weight is 506 g/mol. The molecule has 0 fully saturated rings. The number of fused-ring (bicyclic) bond motifs is 3. The molecule has 0 aliphatic carbocycles. The summed E-state index contributed by atoms with van der Waals surface area (Å²) in [6.07, 6.45) is 2.75. The summed E-state index contributed by atoms with van der Waals surface area (Å²) in [5, 5.41) is 7.92. The molecule has 5 aromatic rings. The Labute approximate surface area is 221 Å². The lowest BCUT2D eigenvalue weighted by Crippen LogP contribution is -2.38. The maximum absolute atomic E-state index is 14.0. The van der Waals surface area contributed by atoms with Crippen molar-refractivity contribution >= 4 is 11.7 Å². The fraction of sp³-hybridized carbons (Fsp3) is 0.161. The van der Waals surface area contributed by atoms with Crippen LogP contribution in [0.4, 0.5) is 14.9 Å². The number of nitrogens with zero attached hydrogens (tertiary/aromatic N) is 4. The zero-order valence-corrected chi connectivity index (χ0v) is 21.3. The van der Waals surface area contributed by atoms with Crippen LogP contribution in [0, 0.1) is 12.7 Å². The number of amides is 2. The van der Waals surface area contributed by atoms with Gasteiger partial charge in [-0.2, -0.15) is 5.10 Å². The molecule has 1 N–H and O–H groups in total. The number of aryl methyl sites for hydroxylation is 2. The minimum absolute atomic E-state index is 0.308. The minimum atomic E-state index is -0.400. The maximum Gasteiger partial charge on any atom is 0.322 e. The molecule has 1 aliphatic heterocycles. The van der Waals surface area contributed by atoms with E-state index < -0.39 is 5.82 Å². The van der Waals surface area contributed by atoms with E-state index in [1.165, 1.54) is 12.1 Å². The fourth-order valence-electron chi connectivity index (χ4n) is 5.30. The largest absolute Gasteiger partial charge is 0.322 e. The summed E-state index contributed by atoms with van der Waals surface area (Å²) in [6, 6.07) is 27.6. The highest BCUT2D eigenvalue weighted by Gasteiger charge is 2.36. The molecule has 2 aromatic heterocycles. The average Bonchev–Trinajstić information content (AvgIpc) is 3.50. The first-order valence-electron chi connectivity index (χ1n) is 12.8. The van der Waals surface area contributed by atoms with Gasteiger partial charge in [0.05, 0.1) is 29.7 Å². The lowest BCUT2D eigenvalue weighted by molar-refractivity contribution is 0.194. The number of urea groups is 1. The summed E-state index contributed by atoms with van der Waals surface area (Å²) in [4.78, 5) is 15.8. The van der Waals surface area contributed by atoms with E-state index in [0.29, 0.717) is 18.7 Å². The number of rotatable bonds is 4. The van der Waals surface area contributed by atoms with Gasteiger partial charge in [0.2, 0.25) is 0 Å². The second-order valence-corrected chi connectivity index (χ2v) is 9.54. The molecule has 2 amide bonds. The number of carbonyl (C=O) groups is 1. The van der Waals surface area contributed by atoms with Crippen molar-refractivity contribution in [2.45, 2.75) is 32.9 Å². The van der Waals surface area contributed by atoms with Crippen LogP contribution in [0.25, 0.3) is 11.5 Å². The number of nitrogens with one attached hydrogen (secondary N) is 1. The first-order valence-corrected chi connectivity index (χ1v) is 12.8. The number of para-hydroxylation sites is 1. The molecule has 6 rings (SSSR count). The highest BCUT2D eigenvalue weighted by molar-refractivity contribution is 5.90. The Bertz CT molecular complexity index is 1620. The van der Waals surface area contributed by atoms with Crippen LogP contribution in [0.3, 0.4) is 0 Å². The predicted octanol–water partition coefficient (Wildman–Crippen LogP) is 6.81. The molecule has 190 valence electrons. The first kappa shape index (κ1) is 23.7. The van der Waals surface area contributed by atoms with Gasteiger partial charge in [-0.25, -0.2) is 13.9 Å². The van der Waals surface area contributed by atoms with E-state index in [2.05, 4.69) is 35.0 Å². The van der Waals surface area contributed by atoms with Crippen LogP contribution in [0.5, 0.6) is 0 Å². The molecule has 7 heteroatoms. The molecule has 0 bridgehead atoms. The highest BCUT2D eigenvalue weighted by Crippen LogP contribution is 2.39. The van der Waals surface area contributed by atoms with E-state index in [0.717, 1.165) is 39.6 Å². The number of hydrogen-bond acceptors (Lipinski definition) is 2. The van der Waals surface area contributed by atoms with Gasteiger partial charge in [0.15, 0.2) is 0 Å². The van der Waals surface area contributed by atoms with Gasteiger partial charge in [-0.05, 0) is 61.4 Å². The van der Waals surface area contributed by atoms with Crippen molar-refractivity contribution in [3.63, 3.8) is 0 Å². The molecule has 3 heterocycles. The second kappa shape index (κ2) is 9.67. The summed E-state index contributed by atoms with van der Waals surface area (Å²) >= 11 is 0. The third-order valence-corrected chi connectivity index (χ3v) is 7.00. The summed E-state index contributed by atoms with van der Waals surface area (Å²) in [5.41, 5.74) is 6.33. The monoisotopic (exact) mass is 505 g/mol. The molecule has 0 saturated carbocycles. The third-order valence-electron chi connectivity index (χ3n) is 7.00. The molecule has 1 aliphatic rings. The zero-order valence-electron chi connectivity index (χ0n) is 21.3. The standard InChI is InChI=1S/C31H28FN5O/c1-3-27-26-20-36(31(38)33-24-13-8-12-23(32)19-24)29(22-11-7-10-21(2)18-22)28-16-9-17-35(28)30(26)37(34-27)25-14-5-4-6-15-25/h4-19,29H,3,20H2,1-2H3,(H,33,38). The lowest BCUT2D eigenvalue weighted by atomic mass is 10.00. The van der Waals surface area contributed by atoms with Crippen molar-refractivity contribution in [2.24, 2.45) is 0 Å². The van der Waals surface area contributed by atoms with Crippen LogP contribution in [0.15, 0.2) is 97.2 Å². The lowest BCUT2D eigenvalue weighted by Gasteiger charge is -2.31. The SMILES string of the molecule is CCc1nn(-c2ccccc2)c2c1CN(C(=O)Nc1cccc(F)c1)C(c1cccc(C)c1)c1cccn1-2. The van der Waals surface area contributed by atoms with Gasteiger partial charge in [0, 0.05) is 17.4 Å². The van der Waals surface area contributed by atoms with Crippen LogP contribution in [0.2, 0.25) is 0 Å². The van der Waals surface area contributed by atoms with Gasteiger partial charge in [-0.15, -0.1) is 0 Å². The number of benzene rings is 3. The first-order chi connectivity index (χ1) is 18.5. The van der Waals surface area contributed by atoms with Crippen LogP contribution in [-0.4, -0.2) is 25.3 Å². The second-order valence-electron chi connectivity index (χ2n) is 9.54. The van der Waals surface area contributed by atoms with E-state index in [1.54, 1.807) is 12.1 Å². The third kappa shape index (κ3) is 4.16. The molecule has 1 unspecified atom stereocenters. The number of anilines is 1. The Morgan fingerprint density at radius 1 is 1.00 bits per heavy atom. The van der Waals surface area contributed by atoms with Gasteiger partial charge < -0.3 is 14.8 Å². The topological polar surface area (TPSA) is 55.1 Å². The predicted molar refractivity (Wildman–Crippen MR) is 146 cm³/mol. The molecule has 0 radical (unpaired) electrons. The summed E-state index contributed by atoms with van der Waals surface area (Å²) in [5.74, 6) is 0.522. The molecule has 3 aromatic carbocycles. The Morgan fingerprint density at radius 3 is 2.58 bits per heavy atom. The van der Waals surface area contributed by atoms with Crippen molar-refractivity contribution in [3.05, 3.63) is 131 Å². The smallest absolute Gasteiger partial charge is 0.308 e. The maximum atomic E-state index is 14.0. The molecule has 0 spiro atoms. The van der Waals surface area contributed by atoms with E-state index in [1.807, 2.05) is 71.2 Å². The number of halogens is 1. The van der Waals surface area contributed by atoms with E-state index in [-0.39, 0.29) is 12.1 Å². The quantitative estimate of drug-likeness (QED) is 0.292. The van der Waals surface area contributed by atoms with Crippen LogP contribution < -0.4 is 5.32 Å². The molecular formula is C31H28FN5O. The van der Waals surface area contributed by atoms with E-state index >= 15 is 0 Å². The summed E-state index contributed by atoms with van der Waals surface area (Å²) in [7, 11) is 0. The number of hydrogen-bond donors (Lipinski definition) is 1. The van der Waals surface area contributed by atoms with E-state index in [4.69, 9.17) is 5.10 Å². The highest BCUT2D eigenvalue weighted by atomic mass is 19.1. The molecule has 0 saturated heterocycles. The van der Waals surface area contributed by atoms with Crippen molar-refractivity contribution in [1.82, 2.24) is 19.2 Å². The Morgan fingerprint density at radius 2 is 1.82 bits per heavy atom. The van der Waals surface area contributed by atoms with Gasteiger partial charge in [-0.3, -0.25) is 0 Å². The fourth-order valence-corrected chi connectivity index (χ4v) is 5.30. The summed E-state index contributed by atoms with van der Waals surface area (Å²) < 4.78 is 18.1. The zero-order chi connectivity index (χ0) is 26.2. The van der Waals surface area contributed by atoms with Crippen LogP contribution >= 0.6 is 0 Å². The van der Waals surface area contributed by atoms with Gasteiger partial charge in [0.25, 0.3) is 0 Å².